The number of rotatable bonds is 3. The minimum atomic E-state index is 0.0347. The summed E-state index contributed by atoms with van der Waals surface area (Å²) in [6.45, 7) is 0. The van der Waals surface area contributed by atoms with Gasteiger partial charge in [-0.2, -0.15) is 5.10 Å². The van der Waals surface area contributed by atoms with Gasteiger partial charge in [-0.1, -0.05) is 30.3 Å². The smallest absolute Gasteiger partial charge is 0.271 e. The van der Waals surface area contributed by atoms with Crippen LogP contribution in [0.3, 0.4) is 0 Å². The highest BCUT2D eigenvalue weighted by Gasteiger charge is 2.37. The van der Waals surface area contributed by atoms with Crippen LogP contribution in [0.5, 0.6) is 0 Å². The molecule has 25 heavy (non-hydrogen) atoms. The van der Waals surface area contributed by atoms with E-state index < -0.39 is 0 Å². The SMILES string of the molecule is O=c1n(C2CC(c3ccncn3)C2)nc2n1[C@H](c1ccccc1)CC2. The fourth-order valence-corrected chi connectivity index (χ4v) is 4.11. The largest absolute Gasteiger partial charge is 0.346 e. The molecule has 0 N–H and O–H groups in total. The third-order valence-corrected chi connectivity index (χ3v) is 5.52. The second-order valence-electron chi connectivity index (χ2n) is 6.93. The van der Waals surface area contributed by atoms with E-state index in [1.165, 1.54) is 5.56 Å². The van der Waals surface area contributed by atoms with Gasteiger partial charge in [0.2, 0.25) is 0 Å². The summed E-state index contributed by atoms with van der Waals surface area (Å²) in [5.41, 5.74) is 2.29. The maximum absolute atomic E-state index is 13.0. The molecule has 6 nitrogen and oxygen atoms in total. The molecule has 2 aromatic heterocycles. The second kappa shape index (κ2) is 5.65. The molecule has 0 spiro atoms. The summed E-state index contributed by atoms with van der Waals surface area (Å²) in [5.74, 6) is 1.32. The molecule has 1 saturated carbocycles. The van der Waals surface area contributed by atoms with Crippen LogP contribution in [0.1, 0.15) is 54.3 Å². The van der Waals surface area contributed by atoms with Crippen LogP contribution < -0.4 is 5.69 Å². The lowest BCUT2D eigenvalue weighted by Crippen LogP contribution is -2.35. The van der Waals surface area contributed by atoms with Crippen LogP contribution in [-0.2, 0) is 6.42 Å². The van der Waals surface area contributed by atoms with Gasteiger partial charge in [0.05, 0.1) is 12.1 Å². The van der Waals surface area contributed by atoms with Gasteiger partial charge in [-0.25, -0.2) is 19.4 Å². The third kappa shape index (κ3) is 2.32. The Hall–Kier alpha value is -2.76. The Morgan fingerprint density at radius 3 is 2.68 bits per heavy atom. The van der Waals surface area contributed by atoms with Crippen molar-refractivity contribution in [2.75, 3.05) is 0 Å². The van der Waals surface area contributed by atoms with Crippen molar-refractivity contribution in [3.8, 4) is 0 Å². The first-order valence-corrected chi connectivity index (χ1v) is 8.82. The first kappa shape index (κ1) is 14.6. The van der Waals surface area contributed by atoms with Crippen molar-refractivity contribution in [2.45, 2.75) is 43.7 Å². The summed E-state index contributed by atoms with van der Waals surface area (Å²) in [5, 5.41) is 4.65. The number of aryl methyl sites for hydroxylation is 1. The van der Waals surface area contributed by atoms with Crippen molar-refractivity contribution < 1.29 is 0 Å². The maximum Gasteiger partial charge on any atom is 0.346 e. The number of nitrogens with zero attached hydrogens (tertiary/aromatic N) is 5. The lowest BCUT2D eigenvalue weighted by Gasteiger charge is -2.34. The maximum atomic E-state index is 13.0. The van der Waals surface area contributed by atoms with E-state index in [1.807, 2.05) is 28.8 Å². The molecule has 0 saturated heterocycles. The molecule has 0 amide bonds. The zero-order chi connectivity index (χ0) is 16.8. The zero-order valence-electron chi connectivity index (χ0n) is 13.8. The molecule has 6 heteroatoms. The van der Waals surface area contributed by atoms with Gasteiger partial charge >= 0.3 is 5.69 Å². The normalized spacial score (nSPS) is 24.7. The van der Waals surface area contributed by atoms with Gasteiger partial charge in [0.25, 0.3) is 0 Å². The predicted octanol–water partition coefficient (Wildman–Crippen LogP) is 2.49. The fraction of sp³-hybridized carbons (Fsp3) is 0.368. The van der Waals surface area contributed by atoms with Crippen LogP contribution in [-0.4, -0.2) is 24.3 Å². The summed E-state index contributed by atoms with van der Waals surface area (Å²) >= 11 is 0. The summed E-state index contributed by atoms with van der Waals surface area (Å²) in [4.78, 5) is 21.3. The molecule has 0 radical (unpaired) electrons. The Morgan fingerprint density at radius 2 is 1.92 bits per heavy atom. The monoisotopic (exact) mass is 333 g/mol. The lowest BCUT2D eigenvalue weighted by atomic mass is 9.78. The summed E-state index contributed by atoms with van der Waals surface area (Å²) in [7, 11) is 0. The highest BCUT2D eigenvalue weighted by molar-refractivity contribution is 5.23. The van der Waals surface area contributed by atoms with Gasteiger partial charge in [0, 0.05) is 24.2 Å². The topological polar surface area (TPSA) is 65.6 Å². The van der Waals surface area contributed by atoms with E-state index in [-0.39, 0.29) is 17.8 Å². The molecule has 126 valence electrons. The van der Waals surface area contributed by atoms with E-state index >= 15 is 0 Å². The molecule has 1 aliphatic carbocycles. The Labute approximate surface area is 145 Å². The van der Waals surface area contributed by atoms with E-state index in [2.05, 4.69) is 27.2 Å². The van der Waals surface area contributed by atoms with Gasteiger partial charge in [-0.05, 0) is 30.9 Å². The molecule has 3 aromatic rings. The highest BCUT2D eigenvalue weighted by atomic mass is 16.2. The zero-order valence-corrected chi connectivity index (χ0v) is 13.8. The van der Waals surface area contributed by atoms with Crippen LogP contribution >= 0.6 is 0 Å². The molecular formula is C19H19N5O. The van der Waals surface area contributed by atoms with Crippen LogP contribution in [0.15, 0.2) is 53.7 Å². The predicted molar refractivity (Wildman–Crippen MR) is 92.4 cm³/mol. The molecule has 3 heterocycles. The van der Waals surface area contributed by atoms with E-state index in [0.717, 1.165) is 37.2 Å². The van der Waals surface area contributed by atoms with Crippen molar-refractivity contribution >= 4 is 0 Å². The highest BCUT2D eigenvalue weighted by Crippen LogP contribution is 2.43. The Morgan fingerprint density at radius 1 is 1.08 bits per heavy atom. The van der Waals surface area contributed by atoms with E-state index in [9.17, 15) is 4.79 Å². The molecule has 1 fully saturated rings. The third-order valence-electron chi connectivity index (χ3n) is 5.52. The molecule has 5 rings (SSSR count). The van der Waals surface area contributed by atoms with E-state index in [1.54, 1.807) is 17.2 Å². The molecule has 1 aliphatic heterocycles. The van der Waals surface area contributed by atoms with Crippen molar-refractivity contribution in [1.29, 1.82) is 0 Å². The standard InChI is InChI=1S/C19H19N5O/c25-19-23-17(13-4-2-1-3-5-13)6-7-18(23)22-24(19)15-10-14(11-15)16-8-9-20-12-21-16/h1-5,8-9,12,14-15,17H,6-7,10-11H2/t14?,15?,17-/m0/s1. The summed E-state index contributed by atoms with van der Waals surface area (Å²) in [6.07, 6.45) is 7.02. The van der Waals surface area contributed by atoms with Crippen LogP contribution in [0.25, 0.3) is 0 Å². The molecule has 0 unspecified atom stereocenters. The summed E-state index contributed by atoms with van der Waals surface area (Å²) < 4.78 is 3.61. The van der Waals surface area contributed by atoms with Gasteiger partial charge < -0.3 is 0 Å². The average Bonchev–Trinajstić information content (AvgIpc) is 3.17. The van der Waals surface area contributed by atoms with Crippen LogP contribution in [0.2, 0.25) is 0 Å². The van der Waals surface area contributed by atoms with Crippen molar-refractivity contribution in [3.63, 3.8) is 0 Å². The number of aromatic nitrogens is 5. The number of hydrogen-bond acceptors (Lipinski definition) is 4. The molecular weight excluding hydrogens is 314 g/mol. The number of hydrogen-bond donors (Lipinski definition) is 0. The van der Waals surface area contributed by atoms with Crippen LogP contribution in [0.4, 0.5) is 0 Å². The van der Waals surface area contributed by atoms with Crippen LogP contribution in [0, 0.1) is 0 Å². The molecule has 1 atom stereocenters. The van der Waals surface area contributed by atoms with Gasteiger partial charge in [-0.3, -0.25) is 4.57 Å². The van der Waals surface area contributed by atoms with Gasteiger partial charge in [0.15, 0.2) is 0 Å². The van der Waals surface area contributed by atoms with Crippen molar-refractivity contribution in [3.05, 3.63) is 76.5 Å². The van der Waals surface area contributed by atoms with Crippen molar-refractivity contribution in [2.24, 2.45) is 0 Å². The molecule has 1 aromatic carbocycles. The fourth-order valence-electron chi connectivity index (χ4n) is 4.11. The Balaban J connectivity index is 1.40. The van der Waals surface area contributed by atoms with Gasteiger partial charge in [0.1, 0.15) is 12.2 Å². The lowest BCUT2D eigenvalue weighted by molar-refractivity contribution is 0.233. The van der Waals surface area contributed by atoms with E-state index in [4.69, 9.17) is 0 Å². The first-order chi connectivity index (χ1) is 12.3. The summed E-state index contributed by atoms with van der Waals surface area (Å²) in [6, 6.07) is 12.5. The minimum Gasteiger partial charge on any atom is -0.271 e. The number of benzene rings is 1. The Kier molecular flexibility index (Phi) is 3.29. The van der Waals surface area contributed by atoms with Gasteiger partial charge in [-0.15, -0.1) is 0 Å². The Bertz CT molecular complexity index is 941. The van der Waals surface area contributed by atoms with E-state index in [0.29, 0.717) is 5.92 Å². The second-order valence-corrected chi connectivity index (χ2v) is 6.93. The molecule has 0 bridgehead atoms. The quantitative estimate of drug-likeness (QED) is 0.739. The minimum absolute atomic E-state index is 0.0347. The molecule has 2 aliphatic rings. The average molecular weight is 333 g/mol. The van der Waals surface area contributed by atoms with Crippen molar-refractivity contribution in [1.82, 2.24) is 24.3 Å². The number of fused-ring (bicyclic) bond motifs is 1. The first-order valence-electron chi connectivity index (χ1n) is 8.82.